The van der Waals surface area contributed by atoms with E-state index in [0.29, 0.717) is 13.1 Å². The molecular weight excluding hydrogens is 394 g/mol. The Hall–Kier alpha value is -2.93. The summed E-state index contributed by atoms with van der Waals surface area (Å²) >= 11 is 1.62. The number of benzene rings is 1. The van der Waals surface area contributed by atoms with Crippen molar-refractivity contribution in [1.29, 1.82) is 0 Å². The van der Waals surface area contributed by atoms with Crippen molar-refractivity contribution in [2.45, 2.75) is 36.2 Å². The van der Waals surface area contributed by atoms with Crippen molar-refractivity contribution in [3.05, 3.63) is 72.3 Å². The molecule has 1 aromatic carbocycles. The Morgan fingerprint density at radius 1 is 1.20 bits per heavy atom. The Balaban J connectivity index is 1.43. The highest BCUT2D eigenvalue weighted by Crippen LogP contribution is 2.34. The number of hydrogen-bond acceptors (Lipinski definition) is 6. The van der Waals surface area contributed by atoms with Crippen LogP contribution in [0.2, 0.25) is 0 Å². The van der Waals surface area contributed by atoms with Crippen LogP contribution in [0.5, 0.6) is 0 Å². The number of pyridine rings is 1. The standard InChI is InChI=1S/C23H25N5OS/c1-17-5-2-8-20(13-17)30-23-21(25-10-11-26-23)28-12-4-7-19(16-28)22(29)27-15-18-6-3-9-24-14-18/h2-3,5-6,8-11,13-14,19H,4,7,12,15-16H2,1H3,(H,27,29). The third-order valence-corrected chi connectivity index (χ3v) is 6.10. The number of hydrogen-bond donors (Lipinski definition) is 1. The number of aromatic nitrogens is 3. The molecule has 3 aromatic rings. The number of amides is 1. The molecule has 3 heterocycles. The van der Waals surface area contributed by atoms with Crippen molar-refractivity contribution in [1.82, 2.24) is 20.3 Å². The van der Waals surface area contributed by atoms with Crippen LogP contribution in [0.15, 0.2) is 71.1 Å². The summed E-state index contributed by atoms with van der Waals surface area (Å²) in [6.45, 7) is 4.12. The molecule has 0 radical (unpaired) electrons. The van der Waals surface area contributed by atoms with Crippen molar-refractivity contribution in [2.75, 3.05) is 18.0 Å². The first-order valence-electron chi connectivity index (χ1n) is 10.2. The second-order valence-electron chi connectivity index (χ2n) is 7.47. The molecule has 1 unspecified atom stereocenters. The van der Waals surface area contributed by atoms with Crippen LogP contribution >= 0.6 is 11.8 Å². The summed E-state index contributed by atoms with van der Waals surface area (Å²) in [4.78, 5) is 29.4. The van der Waals surface area contributed by atoms with Crippen LogP contribution in [0.3, 0.4) is 0 Å². The molecule has 1 atom stereocenters. The summed E-state index contributed by atoms with van der Waals surface area (Å²) in [6.07, 6.45) is 8.80. The van der Waals surface area contributed by atoms with Crippen molar-refractivity contribution >= 4 is 23.5 Å². The molecule has 7 heteroatoms. The summed E-state index contributed by atoms with van der Waals surface area (Å²) in [6, 6.07) is 12.2. The molecule has 1 saturated heterocycles. The first kappa shape index (κ1) is 20.3. The van der Waals surface area contributed by atoms with Gasteiger partial charge in [-0.3, -0.25) is 9.78 Å². The third-order valence-electron chi connectivity index (χ3n) is 5.13. The van der Waals surface area contributed by atoms with Gasteiger partial charge >= 0.3 is 0 Å². The Morgan fingerprint density at radius 3 is 2.93 bits per heavy atom. The minimum absolute atomic E-state index is 0.0609. The molecule has 0 bridgehead atoms. The van der Waals surface area contributed by atoms with Crippen LogP contribution in [0, 0.1) is 12.8 Å². The summed E-state index contributed by atoms with van der Waals surface area (Å²) < 4.78 is 0. The predicted octanol–water partition coefficient (Wildman–Crippen LogP) is 3.86. The smallest absolute Gasteiger partial charge is 0.225 e. The van der Waals surface area contributed by atoms with Crippen LogP contribution in [-0.2, 0) is 11.3 Å². The lowest BCUT2D eigenvalue weighted by molar-refractivity contribution is -0.125. The zero-order valence-electron chi connectivity index (χ0n) is 17.0. The van der Waals surface area contributed by atoms with Gasteiger partial charge in [-0.25, -0.2) is 9.97 Å². The fourth-order valence-electron chi connectivity index (χ4n) is 3.62. The molecular formula is C23H25N5OS. The summed E-state index contributed by atoms with van der Waals surface area (Å²) in [5.74, 6) is 0.878. The zero-order valence-corrected chi connectivity index (χ0v) is 17.8. The Morgan fingerprint density at radius 2 is 2.10 bits per heavy atom. The molecule has 4 rings (SSSR count). The van der Waals surface area contributed by atoms with Crippen LogP contribution in [0.1, 0.15) is 24.0 Å². The second-order valence-corrected chi connectivity index (χ2v) is 8.53. The van der Waals surface area contributed by atoms with Gasteiger partial charge in [0.05, 0.1) is 5.92 Å². The van der Waals surface area contributed by atoms with Crippen molar-refractivity contribution in [3.63, 3.8) is 0 Å². The van der Waals surface area contributed by atoms with E-state index < -0.39 is 0 Å². The predicted molar refractivity (Wildman–Crippen MR) is 118 cm³/mol. The SMILES string of the molecule is Cc1cccc(Sc2nccnc2N2CCCC(C(=O)NCc3cccnc3)C2)c1. The van der Waals surface area contributed by atoms with Gasteiger partial charge in [0.15, 0.2) is 5.82 Å². The topological polar surface area (TPSA) is 71.0 Å². The number of nitrogens with one attached hydrogen (secondary N) is 1. The fourth-order valence-corrected chi connectivity index (χ4v) is 4.62. The maximum Gasteiger partial charge on any atom is 0.225 e. The molecule has 0 spiro atoms. The largest absolute Gasteiger partial charge is 0.354 e. The average molecular weight is 420 g/mol. The Kier molecular flexibility index (Phi) is 6.59. The number of carbonyl (C=O) groups is 1. The summed E-state index contributed by atoms with van der Waals surface area (Å²) in [7, 11) is 0. The molecule has 1 aliphatic rings. The maximum absolute atomic E-state index is 12.8. The number of nitrogens with zero attached hydrogens (tertiary/aromatic N) is 4. The quantitative estimate of drug-likeness (QED) is 0.654. The Labute approximate surface area is 181 Å². The van der Waals surface area contributed by atoms with Crippen molar-refractivity contribution in [2.24, 2.45) is 5.92 Å². The molecule has 1 fully saturated rings. The highest BCUT2D eigenvalue weighted by atomic mass is 32.2. The van der Waals surface area contributed by atoms with Crippen LogP contribution < -0.4 is 10.2 Å². The van der Waals surface area contributed by atoms with E-state index >= 15 is 0 Å². The van der Waals surface area contributed by atoms with E-state index in [1.165, 1.54) is 5.56 Å². The van der Waals surface area contributed by atoms with Gasteiger partial charge in [-0.2, -0.15) is 0 Å². The highest BCUT2D eigenvalue weighted by molar-refractivity contribution is 7.99. The summed E-state index contributed by atoms with van der Waals surface area (Å²) in [5, 5.41) is 3.93. The molecule has 0 saturated carbocycles. The first-order valence-corrected chi connectivity index (χ1v) is 11.0. The molecule has 2 aromatic heterocycles. The average Bonchev–Trinajstić information content (AvgIpc) is 2.79. The van der Waals surface area contributed by atoms with Crippen LogP contribution in [0.25, 0.3) is 0 Å². The third kappa shape index (κ3) is 5.16. The molecule has 6 nitrogen and oxygen atoms in total. The van der Waals surface area contributed by atoms with Gasteiger partial charge in [-0.1, -0.05) is 35.5 Å². The minimum atomic E-state index is -0.0609. The van der Waals surface area contributed by atoms with Gasteiger partial charge in [0, 0.05) is 49.3 Å². The van der Waals surface area contributed by atoms with E-state index in [2.05, 4.69) is 56.4 Å². The molecule has 1 amide bonds. The van der Waals surface area contributed by atoms with Crippen LogP contribution in [0.4, 0.5) is 5.82 Å². The van der Waals surface area contributed by atoms with Gasteiger partial charge < -0.3 is 10.2 Å². The number of aryl methyl sites for hydroxylation is 1. The highest BCUT2D eigenvalue weighted by Gasteiger charge is 2.28. The van der Waals surface area contributed by atoms with Crippen molar-refractivity contribution in [3.8, 4) is 0 Å². The number of piperidine rings is 1. The van der Waals surface area contributed by atoms with Gasteiger partial charge in [-0.15, -0.1) is 0 Å². The van der Waals surface area contributed by atoms with E-state index in [4.69, 9.17) is 0 Å². The molecule has 1 N–H and O–H groups in total. The monoisotopic (exact) mass is 419 g/mol. The lowest BCUT2D eigenvalue weighted by Crippen LogP contribution is -2.43. The molecule has 1 aliphatic heterocycles. The summed E-state index contributed by atoms with van der Waals surface area (Å²) in [5.41, 5.74) is 2.22. The van der Waals surface area contributed by atoms with E-state index in [1.54, 1.807) is 36.5 Å². The normalized spacial score (nSPS) is 16.3. The van der Waals surface area contributed by atoms with Gasteiger partial charge in [-0.05, 0) is 43.5 Å². The van der Waals surface area contributed by atoms with Gasteiger partial charge in [0.25, 0.3) is 0 Å². The van der Waals surface area contributed by atoms with E-state index in [0.717, 1.165) is 40.7 Å². The fraction of sp³-hybridized carbons (Fsp3) is 0.304. The van der Waals surface area contributed by atoms with Gasteiger partial charge in [0.2, 0.25) is 5.91 Å². The Bertz CT molecular complexity index is 998. The molecule has 154 valence electrons. The number of rotatable bonds is 6. The second kappa shape index (κ2) is 9.71. The molecule has 0 aliphatic carbocycles. The van der Waals surface area contributed by atoms with Gasteiger partial charge in [0.1, 0.15) is 5.03 Å². The number of carbonyl (C=O) groups excluding carboxylic acids is 1. The number of anilines is 1. The lowest BCUT2D eigenvalue weighted by Gasteiger charge is -2.33. The van der Waals surface area contributed by atoms with E-state index in [-0.39, 0.29) is 11.8 Å². The lowest BCUT2D eigenvalue weighted by atomic mass is 9.97. The minimum Gasteiger partial charge on any atom is -0.354 e. The van der Waals surface area contributed by atoms with E-state index in [9.17, 15) is 4.79 Å². The zero-order chi connectivity index (χ0) is 20.8. The first-order chi connectivity index (χ1) is 14.7. The molecule has 30 heavy (non-hydrogen) atoms. The van der Waals surface area contributed by atoms with Crippen LogP contribution in [-0.4, -0.2) is 33.9 Å². The maximum atomic E-state index is 12.8. The van der Waals surface area contributed by atoms with Crippen molar-refractivity contribution < 1.29 is 4.79 Å². The van der Waals surface area contributed by atoms with E-state index in [1.807, 2.05) is 12.1 Å².